The monoisotopic (exact) mass is 451 g/mol. The molecule has 0 aliphatic carbocycles. The van der Waals surface area contributed by atoms with E-state index >= 15 is 0 Å². The molecule has 1 amide bonds. The Balaban J connectivity index is 1.65. The van der Waals surface area contributed by atoms with Gasteiger partial charge in [-0.1, -0.05) is 13.8 Å². The lowest BCUT2D eigenvalue weighted by Gasteiger charge is -2.33. The first-order chi connectivity index (χ1) is 14.2. The number of nitrogens with zero attached hydrogens (tertiary/aromatic N) is 3. The average Bonchev–Trinajstić information content (AvgIpc) is 3.07. The maximum atomic E-state index is 13.0. The molecule has 1 saturated heterocycles. The quantitative estimate of drug-likeness (QED) is 0.646. The standard InChI is InChI=1S/C21H29N3O4S2/c1-5-28-17-6-8-18(9-7-17)30(26,27)24-12-10-23(11-13-24)21(25)20-16(4)22-19(29-20)14-15(2)3/h6-9,15H,5,10-14H2,1-4H3. The molecule has 9 heteroatoms. The average molecular weight is 452 g/mol. The SMILES string of the molecule is CCOc1ccc(S(=O)(=O)N2CCN(C(=O)c3sc(CC(C)C)nc3C)CC2)cc1. The number of hydrogen-bond acceptors (Lipinski definition) is 6. The van der Waals surface area contributed by atoms with Gasteiger partial charge in [0, 0.05) is 32.6 Å². The number of ether oxygens (including phenoxy) is 1. The van der Waals surface area contributed by atoms with Crippen LogP contribution in [-0.4, -0.2) is 61.3 Å². The minimum atomic E-state index is -3.59. The Hall–Kier alpha value is -1.97. The molecule has 0 spiro atoms. The third-order valence-corrected chi connectivity index (χ3v) is 8.00. The summed E-state index contributed by atoms with van der Waals surface area (Å²) in [5.41, 5.74) is 0.755. The van der Waals surface area contributed by atoms with Crippen LogP contribution in [0.4, 0.5) is 0 Å². The lowest BCUT2D eigenvalue weighted by atomic mass is 10.1. The zero-order chi connectivity index (χ0) is 21.9. The van der Waals surface area contributed by atoms with Gasteiger partial charge in [-0.2, -0.15) is 4.31 Å². The van der Waals surface area contributed by atoms with Crippen LogP contribution in [0.2, 0.25) is 0 Å². The van der Waals surface area contributed by atoms with Crippen molar-refractivity contribution in [2.75, 3.05) is 32.8 Å². The number of carbonyl (C=O) groups is 1. The summed E-state index contributed by atoms with van der Waals surface area (Å²) in [6.07, 6.45) is 0.854. The second kappa shape index (κ2) is 9.45. The van der Waals surface area contributed by atoms with Gasteiger partial charge in [0.25, 0.3) is 5.91 Å². The van der Waals surface area contributed by atoms with Gasteiger partial charge in [0.1, 0.15) is 10.6 Å². The van der Waals surface area contributed by atoms with Crippen molar-refractivity contribution in [3.8, 4) is 5.75 Å². The van der Waals surface area contributed by atoms with Gasteiger partial charge < -0.3 is 9.64 Å². The molecule has 0 unspecified atom stereocenters. The van der Waals surface area contributed by atoms with E-state index in [-0.39, 0.29) is 23.9 Å². The van der Waals surface area contributed by atoms with Crippen LogP contribution in [-0.2, 0) is 16.4 Å². The van der Waals surface area contributed by atoms with Crippen molar-refractivity contribution in [1.82, 2.24) is 14.2 Å². The van der Waals surface area contributed by atoms with Crippen LogP contribution in [0.5, 0.6) is 5.75 Å². The van der Waals surface area contributed by atoms with Gasteiger partial charge in [0.2, 0.25) is 10.0 Å². The molecule has 0 bridgehead atoms. The van der Waals surface area contributed by atoms with E-state index < -0.39 is 10.0 Å². The number of carbonyl (C=O) groups excluding carboxylic acids is 1. The van der Waals surface area contributed by atoms with Crippen LogP contribution < -0.4 is 4.74 Å². The van der Waals surface area contributed by atoms with Crippen molar-refractivity contribution in [3.05, 3.63) is 39.8 Å². The van der Waals surface area contributed by atoms with Crippen molar-refractivity contribution in [2.24, 2.45) is 5.92 Å². The van der Waals surface area contributed by atoms with Gasteiger partial charge in [-0.05, 0) is 44.0 Å². The normalized spacial score (nSPS) is 15.6. The molecule has 0 N–H and O–H groups in total. The highest BCUT2D eigenvalue weighted by atomic mass is 32.2. The van der Waals surface area contributed by atoms with Crippen LogP contribution >= 0.6 is 11.3 Å². The molecule has 1 fully saturated rings. The zero-order valence-corrected chi connectivity index (χ0v) is 19.6. The molecule has 0 radical (unpaired) electrons. The van der Waals surface area contributed by atoms with E-state index in [0.29, 0.717) is 36.2 Å². The Kier molecular flexibility index (Phi) is 7.15. The van der Waals surface area contributed by atoms with E-state index in [2.05, 4.69) is 18.8 Å². The first-order valence-corrected chi connectivity index (χ1v) is 12.5. The van der Waals surface area contributed by atoms with Crippen LogP contribution in [0.15, 0.2) is 29.2 Å². The molecule has 0 atom stereocenters. The Morgan fingerprint density at radius 2 is 1.80 bits per heavy atom. The Morgan fingerprint density at radius 3 is 2.37 bits per heavy atom. The highest BCUT2D eigenvalue weighted by molar-refractivity contribution is 7.89. The summed E-state index contributed by atoms with van der Waals surface area (Å²) in [5, 5.41) is 0.975. The minimum absolute atomic E-state index is 0.0573. The van der Waals surface area contributed by atoms with Gasteiger partial charge in [-0.25, -0.2) is 13.4 Å². The summed E-state index contributed by atoms with van der Waals surface area (Å²) < 4.78 is 32.7. The Morgan fingerprint density at radius 1 is 1.17 bits per heavy atom. The maximum absolute atomic E-state index is 13.0. The van der Waals surface area contributed by atoms with Crippen LogP contribution in [0.25, 0.3) is 0 Å². The zero-order valence-electron chi connectivity index (χ0n) is 17.9. The van der Waals surface area contributed by atoms with Gasteiger partial charge in [0.15, 0.2) is 0 Å². The topological polar surface area (TPSA) is 79.8 Å². The Bertz CT molecular complexity index is 976. The number of rotatable bonds is 7. The molecule has 164 valence electrons. The van der Waals surface area contributed by atoms with Crippen molar-refractivity contribution < 1.29 is 17.9 Å². The molecule has 2 heterocycles. The molecule has 1 aromatic carbocycles. The molecule has 1 aliphatic heterocycles. The molecular weight excluding hydrogens is 422 g/mol. The minimum Gasteiger partial charge on any atom is -0.494 e. The van der Waals surface area contributed by atoms with Crippen molar-refractivity contribution in [2.45, 2.75) is 39.0 Å². The van der Waals surface area contributed by atoms with Gasteiger partial charge in [-0.15, -0.1) is 11.3 Å². The largest absolute Gasteiger partial charge is 0.494 e. The van der Waals surface area contributed by atoms with E-state index in [1.807, 2.05) is 13.8 Å². The van der Waals surface area contributed by atoms with Gasteiger partial charge >= 0.3 is 0 Å². The van der Waals surface area contributed by atoms with Gasteiger partial charge in [0.05, 0.1) is 22.2 Å². The molecule has 3 rings (SSSR count). The molecule has 2 aromatic rings. The number of sulfonamides is 1. The molecule has 1 aliphatic rings. The third kappa shape index (κ3) is 5.01. The fraction of sp³-hybridized carbons (Fsp3) is 0.524. The van der Waals surface area contributed by atoms with E-state index in [1.165, 1.54) is 15.6 Å². The number of amides is 1. The summed E-state index contributed by atoms with van der Waals surface area (Å²) in [7, 11) is -3.59. The first-order valence-electron chi connectivity index (χ1n) is 10.2. The molecule has 30 heavy (non-hydrogen) atoms. The van der Waals surface area contributed by atoms with E-state index in [0.717, 1.165) is 17.1 Å². The number of hydrogen-bond donors (Lipinski definition) is 0. The van der Waals surface area contributed by atoms with Crippen LogP contribution in [0, 0.1) is 12.8 Å². The number of benzene rings is 1. The highest BCUT2D eigenvalue weighted by Crippen LogP contribution is 2.25. The highest BCUT2D eigenvalue weighted by Gasteiger charge is 2.31. The van der Waals surface area contributed by atoms with Crippen LogP contribution in [0.3, 0.4) is 0 Å². The predicted octanol–water partition coefficient (Wildman–Crippen LogP) is 3.20. The summed E-state index contributed by atoms with van der Waals surface area (Å²) in [5.74, 6) is 1.07. The molecular formula is C21H29N3O4S2. The van der Waals surface area contributed by atoms with E-state index in [1.54, 1.807) is 29.2 Å². The number of aromatic nitrogens is 1. The summed E-state index contributed by atoms with van der Waals surface area (Å²) in [6, 6.07) is 6.46. The lowest BCUT2D eigenvalue weighted by molar-refractivity contribution is 0.0702. The van der Waals surface area contributed by atoms with E-state index in [4.69, 9.17) is 4.74 Å². The van der Waals surface area contributed by atoms with Crippen molar-refractivity contribution >= 4 is 27.3 Å². The Labute approximate surface area is 182 Å². The fourth-order valence-electron chi connectivity index (χ4n) is 3.39. The smallest absolute Gasteiger partial charge is 0.265 e. The predicted molar refractivity (Wildman–Crippen MR) is 118 cm³/mol. The summed E-state index contributed by atoms with van der Waals surface area (Å²) in [6.45, 7) is 9.81. The fourth-order valence-corrected chi connectivity index (χ4v) is 6.05. The number of piperazine rings is 1. The molecule has 0 saturated carbocycles. The van der Waals surface area contributed by atoms with E-state index in [9.17, 15) is 13.2 Å². The second-order valence-electron chi connectivity index (χ2n) is 7.72. The van der Waals surface area contributed by atoms with Crippen molar-refractivity contribution in [1.29, 1.82) is 0 Å². The maximum Gasteiger partial charge on any atom is 0.265 e. The number of thiazole rings is 1. The van der Waals surface area contributed by atoms with Crippen LogP contribution in [0.1, 0.15) is 41.1 Å². The molecule has 1 aromatic heterocycles. The number of aryl methyl sites for hydroxylation is 1. The summed E-state index contributed by atoms with van der Waals surface area (Å²) in [4.78, 5) is 20.1. The molecule has 7 nitrogen and oxygen atoms in total. The van der Waals surface area contributed by atoms with Gasteiger partial charge in [-0.3, -0.25) is 4.79 Å². The first kappa shape index (κ1) is 22.7. The third-order valence-electron chi connectivity index (χ3n) is 4.92. The second-order valence-corrected chi connectivity index (χ2v) is 10.7. The van der Waals surface area contributed by atoms with Crippen molar-refractivity contribution in [3.63, 3.8) is 0 Å². The summed E-state index contributed by atoms with van der Waals surface area (Å²) >= 11 is 1.45. The lowest BCUT2D eigenvalue weighted by Crippen LogP contribution is -2.50.